The molecule has 1 aliphatic rings. The lowest BCUT2D eigenvalue weighted by molar-refractivity contribution is -0.125. The lowest BCUT2D eigenvalue weighted by Crippen LogP contribution is -2.53. The summed E-state index contributed by atoms with van der Waals surface area (Å²) in [6.45, 7) is 1.64. The van der Waals surface area contributed by atoms with E-state index in [9.17, 15) is 4.79 Å². The van der Waals surface area contributed by atoms with Gasteiger partial charge in [0.25, 0.3) is 0 Å². The Morgan fingerprint density at radius 2 is 1.64 bits per heavy atom. The first-order chi connectivity index (χ1) is 13.7. The highest BCUT2D eigenvalue weighted by Gasteiger charge is 2.39. The third kappa shape index (κ3) is 4.34. The van der Waals surface area contributed by atoms with Crippen LogP contribution in [-0.2, 0) is 23.4 Å². The highest BCUT2D eigenvalue weighted by atomic mass is 16.3. The second-order valence-corrected chi connectivity index (χ2v) is 7.56. The minimum Gasteiger partial charge on any atom is -0.468 e. The minimum absolute atomic E-state index is 0.0611. The zero-order chi connectivity index (χ0) is 19.2. The first kappa shape index (κ1) is 18.5. The normalized spacial score (nSPS) is 15.2. The van der Waals surface area contributed by atoms with E-state index in [1.807, 2.05) is 48.5 Å². The molecule has 4 heteroatoms. The van der Waals surface area contributed by atoms with Crippen molar-refractivity contribution >= 4 is 5.91 Å². The van der Waals surface area contributed by atoms with Crippen molar-refractivity contribution in [2.75, 3.05) is 6.54 Å². The van der Waals surface area contributed by atoms with Crippen molar-refractivity contribution < 1.29 is 9.21 Å². The number of amides is 1. The monoisotopic (exact) mass is 374 g/mol. The molecule has 4 rings (SSSR count). The number of furan rings is 1. The number of nitrogens with zero attached hydrogens (tertiary/aromatic N) is 1. The lowest BCUT2D eigenvalue weighted by Gasteiger charge is -2.43. The molecule has 1 amide bonds. The number of rotatable bonds is 8. The van der Waals surface area contributed by atoms with E-state index in [1.165, 1.54) is 11.1 Å². The Balaban J connectivity index is 1.45. The molecule has 3 aromatic rings. The molecule has 1 aromatic heterocycles. The summed E-state index contributed by atoms with van der Waals surface area (Å²) in [5, 5.41) is 3.33. The van der Waals surface area contributed by atoms with Crippen LogP contribution in [0.1, 0.15) is 36.1 Å². The second-order valence-electron chi connectivity index (χ2n) is 7.56. The fourth-order valence-corrected chi connectivity index (χ4v) is 3.92. The maximum Gasteiger partial charge on any atom is 0.234 e. The number of carbonyl (C=O) groups excluding carboxylic acids is 1. The summed E-state index contributed by atoms with van der Waals surface area (Å²) >= 11 is 0. The summed E-state index contributed by atoms with van der Waals surface area (Å²) in [6, 6.07) is 24.4. The maximum absolute atomic E-state index is 13.0. The van der Waals surface area contributed by atoms with Crippen molar-refractivity contribution in [1.82, 2.24) is 10.2 Å². The first-order valence-corrected chi connectivity index (χ1v) is 9.89. The molecule has 0 saturated heterocycles. The minimum atomic E-state index is -0.207. The quantitative estimate of drug-likeness (QED) is 0.632. The van der Waals surface area contributed by atoms with Crippen LogP contribution in [0.15, 0.2) is 83.5 Å². The first-order valence-electron chi connectivity index (χ1n) is 9.89. The highest BCUT2D eigenvalue weighted by Crippen LogP contribution is 2.41. The Morgan fingerprint density at radius 1 is 0.929 bits per heavy atom. The average Bonchev–Trinajstić information content (AvgIpc) is 3.19. The van der Waals surface area contributed by atoms with Crippen LogP contribution >= 0.6 is 0 Å². The number of carbonyl (C=O) groups is 1. The van der Waals surface area contributed by atoms with Gasteiger partial charge in [-0.1, -0.05) is 60.7 Å². The van der Waals surface area contributed by atoms with Gasteiger partial charge in [-0.25, -0.2) is 0 Å². The number of nitrogens with one attached hydrogen (secondary N) is 1. The number of benzene rings is 2. The van der Waals surface area contributed by atoms with Gasteiger partial charge in [0.15, 0.2) is 0 Å². The molecule has 0 aliphatic heterocycles. The van der Waals surface area contributed by atoms with Crippen LogP contribution in [0.2, 0.25) is 0 Å². The smallest absolute Gasteiger partial charge is 0.234 e. The lowest BCUT2D eigenvalue weighted by atomic mass is 9.72. The molecule has 0 unspecified atom stereocenters. The van der Waals surface area contributed by atoms with E-state index in [2.05, 4.69) is 34.5 Å². The van der Waals surface area contributed by atoms with Gasteiger partial charge in [0.1, 0.15) is 5.76 Å². The van der Waals surface area contributed by atoms with Gasteiger partial charge in [0.05, 0.1) is 24.9 Å². The molecular formula is C24H26N2O2. The van der Waals surface area contributed by atoms with E-state index < -0.39 is 0 Å². The van der Waals surface area contributed by atoms with E-state index in [4.69, 9.17) is 4.42 Å². The zero-order valence-electron chi connectivity index (χ0n) is 16.0. The van der Waals surface area contributed by atoms with Crippen LogP contribution in [0.4, 0.5) is 0 Å². The summed E-state index contributed by atoms with van der Waals surface area (Å²) in [5.74, 6) is 0.927. The largest absolute Gasteiger partial charge is 0.468 e. The topological polar surface area (TPSA) is 45.5 Å². The molecule has 0 spiro atoms. The number of hydrogen-bond acceptors (Lipinski definition) is 3. The predicted molar refractivity (Wildman–Crippen MR) is 109 cm³/mol. The summed E-state index contributed by atoms with van der Waals surface area (Å²) < 4.78 is 5.51. The highest BCUT2D eigenvalue weighted by molar-refractivity contribution is 5.79. The molecule has 28 heavy (non-hydrogen) atoms. The Kier molecular flexibility index (Phi) is 5.58. The van der Waals surface area contributed by atoms with Crippen LogP contribution in [0, 0.1) is 0 Å². The van der Waals surface area contributed by atoms with Crippen LogP contribution in [0.5, 0.6) is 0 Å². The molecule has 1 N–H and O–H groups in total. The van der Waals surface area contributed by atoms with Crippen molar-refractivity contribution in [2.45, 2.75) is 37.9 Å². The van der Waals surface area contributed by atoms with E-state index in [-0.39, 0.29) is 11.4 Å². The summed E-state index contributed by atoms with van der Waals surface area (Å²) in [4.78, 5) is 15.1. The van der Waals surface area contributed by atoms with Crippen molar-refractivity contribution in [3.63, 3.8) is 0 Å². The van der Waals surface area contributed by atoms with Crippen LogP contribution in [0.3, 0.4) is 0 Å². The molecule has 1 fully saturated rings. The van der Waals surface area contributed by atoms with Gasteiger partial charge in [-0.2, -0.15) is 0 Å². The van der Waals surface area contributed by atoms with Crippen molar-refractivity contribution in [3.8, 4) is 0 Å². The van der Waals surface area contributed by atoms with Crippen molar-refractivity contribution in [2.24, 2.45) is 0 Å². The standard InChI is InChI=1S/C24H26N2O2/c27-23(25-24(14-8-15-24)21-11-5-2-6-12-21)19-26(18-22-13-7-16-28-22)17-20-9-3-1-4-10-20/h1-7,9-13,16H,8,14-15,17-19H2,(H,25,27). The molecule has 1 aliphatic carbocycles. The molecule has 144 valence electrons. The third-order valence-electron chi connectivity index (χ3n) is 5.49. The Morgan fingerprint density at radius 3 is 2.25 bits per heavy atom. The van der Waals surface area contributed by atoms with Gasteiger partial charge in [-0.05, 0) is 42.5 Å². The fourth-order valence-electron chi connectivity index (χ4n) is 3.92. The third-order valence-corrected chi connectivity index (χ3v) is 5.49. The Labute approximate surface area is 166 Å². The molecule has 2 aromatic carbocycles. The summed E-state index contributed by atoms with van der Waals surface area (Å²) in [6.07, 6.45) is 4.82. The Bertz CT molecular complexity index is 871. The van der Waals surface area contributed by atoms with Gasteiger partial charge >= 0.3 is 0 Å². The van der Waals surface area contributed by atoms with Gasteiger partial charge < -0.3 is 9.73 Å². The fraction of sp³-hybridized carbons (Fsp3) is 0.292. The molecule has 0 radical (unpaired) electrons. The molecule has 1 saturated carbocycles. The van der Waals surface area contributed by atoms with Gasteiger partial charge in [-0.3, -0.25) is 9.69 Å². The van der Waals surface area contributed by atoms with E-state index in [1.54, 1.807) is 6.26 Å². The van der Waals surface area contributed by atoms with Crippen LogP contribution in [-0.4, -0.2) is 17.4 Å². The molecule has 1 heterocycles. The van der Waals surface area contributed by atoms with Crippen LogP contribution in [0.25, 0.3) is 0 Å². The SMILES string of the molecule is O=C(CN(Cc1ccccc1)Cc1ccco1)NC1(c2ccccc2)CCC1. The molecule has 0 bridgehead atoms. The van der Waals surface area contributed by atoms with Crippen molar-refractivity contribution in [3.05, 3.63) is 95.9 Å². The Hall–Kier alpha value is -2.85. The van der Waals surface area contributed by atoms with E-state index in [0.29, 0.717) is 19.6 Å². The molecule has 4 nitrogen and oxygen atoms in total. The van der Waals surface area contributed by atoms with Gasteiger partial charge in [-0.15, -0.1) is 0 Å². The predicted octanol–water partition coefficient (Wildman–Crippen LogP) is 4.48. The van der Waals surface area contributed by atoms with Gasteiger partial charge in [0, 0.05) is 6.54 Å². The van der Waals surface area contributed by atoms with Crippen molar-refractivity contribution in [1.29, 1.82) is 0 Å². The van der Waals surface area contributed by atoms with E-state index >= 15 is 0 Å². The zero-order valence-corrected chi connectivity index (χ0v) is 16.0. The number of hydrogen-bond donors (Lipinski definition) is 1. The van der Waals surface area contributed by atoms with Gasteiger partial charge in [0.2, 0.25) is 5.91 Å². The molecule has 0 atom stereocenters. The average molecular weight is 374 g/mol. The van der Waals surface area contributed by atoms with Crippen LogP contribution < -0.4 is 5.32 Å². The summed E-state index contributed by atoms with van der Waals surface area (Å²) in [7, 11) is 0. The second kappa shape index (κ2) is 8.44. The maximum atomic E-state index is 13.0. The van der Waals surface area contributed by atoms with E-state index in [0.717, 1.165) is 25.0 Å². The molecular weight excluding hydrogens is 348 g/mol. The summed E-state index contributed by atoms with van der Waals surface area (Å²) in [5.41, 5.74) is 2.18.